The molecule has 1 aliphatic carbocycles. The van der Waals surface area contributed by atoms with E-state index in [1.165, 1.54) is 44.1 Å². The molecule has 38 heavy (non-hydrogen) atoms. The molecule has 8 heteroatoms. The zero-order chi connectivity index (χ0) is 26.7. The number of carbonyl (C=O) groups excluding carboxylic acids is 1. The SMILES string of the molecule is CC(C(N)C(=O)Nc1nc2ccccc2n1C1CCN(C2(c3ccccc3)CCCCCC2)CC1)[S+](C)[O-]. The van der Waals surface area contributed by atoms with Gasteiger partial charge in [-0.2, -0.15) is 0 Å². The number of amides is 1. The number of nitrogens with one attached hydrogen (secondary N) is 1. The molecule has 2 aromatic carbocycles. The Morgan fingerprint density at radius 1 is 1.05 bits per heavy atom. The summed E-state index contributed by atoms with van der Waals surface area (Å²) < 4.78 is 14.1. The monoisotopic (exact) mass is 535 g/mol. The summed E-state index contributed by atoms with van der Waals surface area (Å²) in [6, 6.07) is 18.5. The fourth-order valence-corrected chi connectivity index (χ4v) is 7.05. The largest absolute Gasteiger partial charge is 0.616 e. The van der Waals surface area contributed by atoms with Crippen LogP contribution in [0.1, 0.15) is 69.9 Å². The molecule has 5 rings (SSSR count). The second-order valence-corrected chi connectivity index (χ2v) is 12.8. The number of hydrogen-bond acceptors (Lipinski definition) is 5. The number of hydrogen-bond donors (Lipinski definition) is 2. The summed E-state index contributed by atoms with van der Waals surface area (Å²) in [7, 11) is 0. The van der Waals surface area contributed by atoms with Crippen molar-refractivity contribution in [3.63, 3.8) is 0 Å². The van der Waals surface area contributed by atoms with Gasteiger partial charge >= 0.3 is 0 Å². The first-order valence-electron chi connectivity index (χ1n) is 14.1. The lowest BCUT2D eigenvalue weighted by Crippen LogP contribution is -2.50. The highest BCUT2D eigenvalue weighted by molar-refractivity contribution is 7.91. The van der Waals surface area contributed by atoms with Gasteiger partial charge in [0.05, 0.1) is 17.3 Å². The highest BCUT2D eigenvalue weighted by Crippen LogP contribution is 2.44. The molecule has 2 heterocycles. The minimum Gasteiger partial charge on any atom is -0.616 e. The highest BCUT2D eigenvalue weighted by atomic mass is 32.2. The van der Waals surface area contributed by atoms with E-state index in [1.807, 2.05) is 18.2 Å². The van der Waals surface area contributed by atoms with Crippen LogP contribution in [0.25, 0.3) is 11.0 Å². The number of para-hydroxylation sites is 2. The maximum atomic E-state index is 13.0. The zero-order valence-corrected chi connectivity index (χ0v) is 23.5. The molecule has 3 atom stereocenters. The number of carbonyl (C=O) groups is 1. The van der Waals surface area contributed by atoms with Crippen molar-refractivity contribution in [2.24, 2.45) is 5.73 Å². The minimum atomic E-state index is -1.19. The molecule has 2 fully saturated rings. The van der Waals surface area contributed by atoms with Crippen LogP contribution in [0.3, 0.4) is 0 Å². The summed E-state index contributed by atoms with van der Waals surface area (Å²) in [6.45, 7) is 3.75. The number of nitrogens with two attached hydrogens (primary N) is 1. The molecule has 2 aliphatic rings. The maximum Gasteiger partial charge on any atom is 0.248 e. The molecule has 3 unspecified atom stereocenters. The molecule has 0 spiro atoms. The number of anilines is 1. The summed E-state index contributed by atoms with van der Waals surface area (Å²) in [4.78, 5) is 20.6. The molecule has 3 N–H and O–H groups in total. The lowest BCUT2D eigenvalue weighted by Gasteiger charge is -2.48. The van der Waals surface area contributed by atoms with E-state index in [-0.39, 0.29) is 17.5 Å². The molecule has 0 radical (unpaired) electrons. The lowest BCUT2D eigenvalue weighted by atomic mass is 9.79. The first-order valence-corrected chi connectivity index (χ1v) is 15.7. The molecule has 1 saturated heterocycles. The van der Waals surface area contributed by atoms with Crippen LogP contribution in [0.5, 0.6) is 0 Å². The number of nitrogens with zero attached hydrogens (tertiary/aromatic N) is 3. The van der Waals surface area contributed by atoms with Gasteiger partial charge in [-0.3, -0.25) is 15.0 Å². The molecule has 204 valence electrons. The fourth-order valence-electron chi connectivity index (χ4n) is 6.52. The predicted molar refractivity (Wildman–Crippen MR) is 156 cm³/mol. The van der Waals surface area contributed by atoms with Gasteiger partial charge in [0.2, 0.25) is 11.9 Å². The topological polar surface area (TPSA) is 99.2 Å². The Kier molecular flexibility index (Phi) is 8.43. The van der Waals surface area contributed by atoms with Crippen LogP contribution in [-0.2, 0) is 21.5 Å². The first kappa shape index (κ1) is 27.2. The van der Waals surface area contributed by atoms with E-state index in [2.05, 4.69) is 51.2 Å². The summed E-state index contributed by atoms with van der Waals surface area (Å²) in [5.74, 6) is 0.189. The van der Waals surface area contributed by atoms with Crippen LogP contribution in [0.2, 0.25) is 0 Å². The Bertz CT molecular complexity index is 1210. The maximum absolute atomic E-state index is 13.0. The van der Waals surface area contributed by atoms with Crippen LogP contribution in [0.4, 0.5) is 5.95 Å². The van der Waals surface area contributed by atoms with Crippen LogP contribution >= 0.6 is 0 Å². The smallest absolute Gasteiger partial charge is 0.248 e. The Morgan fingerprint density at radius 2 is 1.68 bits per heavy atom. The van der Waals surface area contributed by atoms with E-state index >= 15 is 0 Å². The summed E-state index contributed by atoms with van der Waals surface area (Å²) in [5.41, 5.74) is 9.61. The third kappa shape index (κ3) is 5.37. The van der Waals surface area contributed by atoms with Gasteiger partial charge in [-0.15, -0.1) is 0 Å². The van der Waals surface area contributed by atoms with Crippen molar-refractivity contribution in [1.82, 2.24) is 14.5 Å². The molecule has 3 aromatic rings. The molecule has 7 nitrogen and oxygen atoms in total. The van der Waals surface area contributed by atoms with E-state index in [0.717, 1.165) is 37.0 Å². The average molecular weight is 536 g/mol. The van der Waals surface area contributed by atoms with Crippen molar-refractivity contribution >= 4 is 34.1 Å². The van der Waals surface area contributed by atoms with Gasteiger partial charge in [-0.25, -0.2) is 4.98 Å². The number of aromatic nitrogens is 2. The molecular formula is C30H41N5O2S. The van der Waals surface area contributed by atoms with Crippen LogP contribution in [-0.4, -0.2) is 55.5 Å². The van der Waals surface area contributed by atoms with Gasteiger partial charge in [0.15, 0.2) is 0 Å². The van der Waals surface area contributed by atoms with E-state index in [0.29, 0.717) is 5.95 Å². The quantitative estimate of drug-likeness (QED) is 0.329. The first-order chi connectivity index (χ1) is 18.4. The summed E-state index contributed by atoms with van der Waals surface area (Å²) >= 11 is -1.19. The van der Waals surface area contributed by atoms with Crippen LogP contribution in [0.15, 0.2) is 54.6 Å². The third-order valence-electron chi connectivity index (χ3n) is 8.84. The van der Waals surface area contributed by atoms with Crippen LogP contribution in [0, 0.1) is 0 Å². The van der Waals surface area contributed by atoms with E-state index in [4.69, 9.17) is 10.7 Å². The Balaban J connectivity index is 1.40. The fraction of sp³-hybridized carbons (Fsp3) is 0.533. The summed E-state index contributed by atoms with van der Waals surface area (Å²) in [5, 5.41) is 2.55. The van der Waals surface area contributed by atoms with Crippen molar-refractivity contribution in [3.05, 3.63) is 60.2 Å². The van der Waals surface area contributed by atoms with Gasteiger partial charge in [-0.1, -0.05) is 79.3 Å². The van der Waals surface area contributed by atoms with Gasteiger partial charge in [0.1, 0.15) is 11.3 Å². The van der Waals surface area contributed by atoms with E-state index < -0.39 is 22.5 Å². The van der Waals surface area contributed by atoms with Crippen molar-refractivity contribution in [3.8, 4) is 0 Å². The van der Waals surface area contributed by atoms with Gasteiger partial charge < -0.3 is 14.9 Å². The molecular weight excluding hydrogens is 494 g/mol. The Labute approximate surface area is 229 Å². The number of rotatable bonds is 7. The minimum absolute atomic E-state index is 0.107. The van der Waals surface area contributed by atoms with Gasteiger partial charge in [0.25, 0.3) is 0 Å². The number of piperidine rings is 1. The molecule has 1 saturated carbocycles. The summed E-state index contributed by atoms with van der Waals surface area (Å²) in [6.07, 6.45) is 11.2. The van der Waals surface area contributed by atoms with Crippen molar-refractivity contribution in [1.29, 1.82) is 0 Å². The predicted octanol–water partition coefficient (Wildman–Crippen LogP) is 4.96. The second-order valence-electron chi connectivity index (χ2n) is 11.0. The second kappa shape index (κ2) is 11.8. The lowest BCUT2D eigenvalue weighted by molar-refractivity contribution is -0.117. The number of benzene rings is 2. The normalized spacial score (nSPS) is 21.5. The van der Waals surface area contributed by atoms with Crippen molar-refractivity contribution < 1.29 is 9.35 Å². The Morgan fingerprint density at radius 3 is 2.34 bits per heavy atom. The number of likely N-dealkylation sites (tertiary alicyclic amines) is 1. The van der Waals surface area contributed by atoms with Crippen LogP contribution < -0.4 is 11.1 Å². The van der Waals surface area contributed by atoms with E-state index in [9.17, 15) is 9.35 Å². The molecule has 1 aliphatic heterocycles. The highest BCUT2D eigenvalue weighted by Gasteiger charge is 2.41. The zero-order valence-electron chi connectivity index (χ0n) is 22.6. The number of fused-ring (bicyclic) bond motifs is 1. The molecule has 1 amide bonds. The molecule has 0 bridgehead atoms. The molecule has 1 aromatic heterocycles. The average Bonchev–Trinajstić information content (AvgIpc) is 3.12. The van der Waals surface area contributed by atoms with Gasteiger partial charge in [-0.05, 0) is 50.3 Å². The standard InChI is InChI=1S/C30H41N5O2S/c1-22(38(2)37)27(31)28(36)33-29-32-25-14-8-9-15-26(25)35(29)24-16-20-34(21-17-24)30(18-10-3-4-11-19-30)23-12-6-5-7-13-23/h5-9,12-15,22,24,27H,3-4,10-11,16-21,31H2,1-2H3,(H,32,33,36). The van der Waals surface area contributed by atoms with Crippen molar-refractivity contribution in [2.45, 2.75) is 81.2 Å². The van der Waals surface area contributed by atoms with E-state index in [1.54, 1.807) is 13.2 Å². The van der Waals surface area contributed by atoms with Gasteiger partial charge in [0, 0.05) is 24.7 Å². The Hall–Kier alpha value is -2.39. The third-order valence-corrected chi connectivity index (χ3v) is 10.2. The van der Waals surface area contributed by atoms with Crippen molar-refractivity contribution in [2.75, 3.05) is 24.7 Å². The number of imidazole rings is 1.